The first-order chi connectivity index (χ1) is 17.8. The highest BCUT2D eigenvalue weighted by molar-refractivity contribution is 5.97. The van der Waals surface area contributed by atoms with Crippen LogP contribution in [0.4, 0.5) is 0 Å². The van der Waals surface area contributed by atoms with Crippen molar-refractivity contribution in [2.24, 2.45) is 5.92 Å². The van der Waals surface area contributed by atoms with Crippen LogP contribution in [0, 0.1) is 19.8 Å². The first-order valence-corrected chi connectivity index (χ1v) is 13.0. The van der Waals surface area contributed by atoms with Gasteiger partial charge in [-0.25, -0.2) is 0 Å². The number of amides is 2. The van der Waals surface area contributed by atoms with Crippen LogP contribution in [0.15, 0.2) is 79.0 Å². The lowest BCUT2D eigenvalue weighted by Gasteiger charge is -2.29. The monoisotopic (exact) mass is 495 g/mol. The van der Waals surface area contributed by atoms with Crippen molar-refractivity contribution in [1.29, 1.82) is 0 Å². The van der Waals surface area contributed by atoms with E-state index in [4.69, 9.17) is 0 Å². The number of nitrogens with zero attached hydrogens (tertiary/aromatic N) is 2. The van der Waals surface area contributed by atoms with Crippen LogP contribution in [0.25, 0.3) is 10.9 Å². The molecule has 3 aromatic carbocycles. The lowest BCUT2D eigenvalue weighted by molar-refractivity contribution is -0.132. The summed E-state index contributed by atoms with van der Waals surface area (Å²) in [4.78, 5) is 34.2. The summed E-state index contributed by atoms with van der Waals surface area (Å²) >= 11 is 0. The van der Waals surface area contributed by atoms with Crippen molar-refractivity contribution in [3.05, 3.63) is 107 Å². The minimum absolute atomic E-state index is 0.0389. The molecular weight excluding hydrogens is 458 g/mol. The Morgan fingerprint density at radius 1 is 0.865 bits per heavy atom. The van der Waals surface area contributed by atoms with Crippen LogP contribution < -0.4 is 0 Å². The van der Waals surface area contributed by atoms with Gasteiger partial charge in [0.15, 0.2) is 0 Å². The highest BCUT2D eigenvalue weighted by atomic mass is 16.2. The van der Waals surface area contributed by atoms with Crippen LogP contribution in [-0.2, 0) is 17.8 Å². The van der Waals surface area contributed by atoms with Gasteiger partial charge in [-0.2, -0.15) is 0 Å². The minimum atomic E-state index is -0.0907. The molecule has 0 aliphatic heterocycles. The third-order valence-electron chi connectivity index (χ3n) is 6.75. The number of hydrogen-bond acceptors (Lipinski definition) is 2. The van der Waals surface area contributed by atoms with E-state index in [9.17, 15) is 9.59 Å². The third-order valence-corrected chi connectivity index (χ3v) is 6.75. The molecule has 0 spiro atoms. The number of aryl methyl sites for hydroxylation is 2. The molecule has 192 valence electrons. The molecule has 1 heterocycles. The van der Waals surface area contributed by atoms with E-state index in [0.29, 0.717) is 25.2 Å². The van der Waals surface area contributed by atoms with Gasteiger partial charge in [-0.05, 0) is 55.0 Å². The number of para-hydroxylation sites is 1. The molecule has 0 saturated heterocycles. The largest absolute Gasteiger partial charge is 0.361 e. The molecule has 0 radical (unpaired) electrons. The SMILES string of the molecule is Cc1ccc(CN(CCc2c[nH]c3ccccc23)C(=O)CN(CC(C)C)C(=O)c2ccccc2C)cc1. The molecule has 5 nitrogen and oxygen atoms in total. The zero-order valence-electron chi connectivity index (χ0n) is 22.3. The Kier molecular flexibility index (Phi) is 8.44. The number of nitrogens with one attached hydrogen (secondary N) is 1. The van der Waals surface area contributed by atoms with Crippen molar-refractivity contribution in [2.45, 2.75) is 40.7 Å². The Bertz CT molecular complexity index is 1350. The van der Waals surface area contributed by atoms with Gasteiger partial charge in [-0.3, -0.25) is 9.59 Å². The summed E-state index contributed by atoms with van der Waals surface area (Å²) in [5.74, 6) is 0.118. The molecule has 2 amide bonds. The Morgan fingerprint density at radius 3 is 2.30 bits per heavy atom. The van der Waals surface area contributed by atoms with Gasteiger partial charge in [0.25, 0.3) is 5.91 Å². The van der Waals surface area contributed by atoms with Gasteiger partial charge in [0.1, 0.15) is 6.54 Å². The van der Waals surface area contributed by atoms with E-state index in [2.05, 4.69) is 62.2 Å². The van der Waals surface area contributed by atoms with Crippen molar-refractivity contribution < 1.29 is 9.59 Å². The second-order valence-corrected chi connectivity index (χ2v) is 10.3. The predicted molar refractivity (Wildman–Crippen MR) is 151 cm³/mol. The van der Waals surface area contributed by atoms with E-state index >= 15 is 0 Å². The fraction of sp³-hybridized carbons (Fsp3) is 0.312. The normalized spacial score (nSPS) is 11.2. The molecule has 37 heavy (non-hydrogen) atoms. The number of rotatable bonds is 10. The third kappa shape index (κ3) is 6.67. The zero-order chi connectivity index (χ0) is 26.4. The van der Waals surface area contributed by atoms with E-state index in [1.807, 2.05) is 54.4 Å². The lowest BCUT2D eigenvalue weighted by Crippen LogP contribution is -2.44. The lowest BCUT2D eigenvalue weighted by atomic mass is 10.1. The molecule has 0 aliphatic carbocycles. The Balaban J connectivity index is 1.56. The number of benzene rings is 3. The number of aromatic amines is 1. The van der Waals surface area contributed by atoms with Crippen LogP contribution in [0.2, 0.25) is 0 Å². The van der Waals surface area contributed by atoms with Crippen LogP contribution in [0.5, 0.6) is 0 Å². The van der Waals surface area contributed by atoms with Crippen molar-refractivity contribution >= 4 is 22.7 Å². The smallest absolute Gasteiger partial charge is 0.254 e. The summed E-state index contributed by atoms with van der Waals surface area (Å²) in [6, 6.07) is 24.1. The Labute approximate surface area is 220 Å². The molecule has 4 rings (SSSR count). The number of carbonyl (C=O) groups excluding carboxylic acids is 2. The molecule has 1 aromatic heterocycles. The van der Waals surface area contributed by atoms with Gasteiger partial charge < -0.3 is 14.8 Å². The first-order valence-electron chi connectivity index (χ1n) is 13.0. The van der Waals surface area contributed by atoms with Crippen LogP contribution in [-0.4, -0.2) is 46.2 Å². The highest BCUT2D eigenvalue weighted by Crippen LogP contribution is 2.19. The molecule has 0 bridgehead atoms. The van der Waals surface area contributed by atoms with Gasteiger partial charge in [0, 0.05) is 42.3 Å². The van der Waals surface area contributed by atoms with E-state index < -0.39 is 0 Å². The molecule has 5 heteroatoms. The number of aromatic nitrogens is 1. The van der Waals surface area contributed by atoms with Gasteiger partial charge in [0.05, 0.1) is 0 Å². The summed E-state index contributed by atoms with van der Waals surface area (Å²) in [6.07, 6.45) is 2.77. The summed E-state index contributed by atoms with van der Waals surface area (Å²) < 4.78 is 0. The van der Waals surface area contributed by atoms with Gasteiger partial charge in [0.2, 0.25) is 5.91 Å². The van der Waals surface area contributed by atoms with E-state index in [-0.39, 0.29) is 24.3 Å². The van der Waals surface area contributed by atoms with Gasteiger partial charge in [-0.1, -0.05) is 80.1 Å². The quantitative estimate of drug-likeness (QED) is 0.287. The fourth-order valence-corrected chi connectivity index (χ4v) is 4.71. The second kappa shape index (κ2) is 11.9. The van der Waals surface area contributed by atoms with E-state index in [1.165, 1.54) is 16.5 Å². The highest BCUT2D eigenvalue weighted by Gasteiger charge is 2.24. The Hall–Kier alpha value is -3.86. The minimum Gasteiger partial charge on any atom is -0.361 e. The van der Waals surface area contributed by atoms with Crippen molar-refractivity contribution in [3.63, 3.8) is 0 Å². The number of H-pyrrole nitrogens is 1. The van der Waals surface area contributed by atoms with E-state index in [1.54, 1.807) is 4.90 Å². The molecule has 4 aromatic rings. The predicted octanol–water partition coefficient (Wildman–Crippen LogP) is 6.15. The van der Waals surface area contributed by atoms with Crippen molar-refractivity contribution in [3.8, 4) is 0 Å². The number of carbonyl (C=O) groups is 2. The molecule has 0 atom stereocenters. The molecule has 0 aliphatic rings. The maximum absolute atomic E-state index is 13.8. The summed E-state index contributed by atoms with van der Waals surface area (Å²) in [5.41, 5.74) is 6.13. The number of fused-ring (bicyclic) bond motifs is 1. The fourth-order valence-electron chi connectivity index (χ4n) is 4.71. The number of hydrogen-bond donors (Lipinski definition) is 1. The van der Waals surface area contributed by atoms with E-state index in [0.717, 1.165) is 23.1 Å². The van der Waals surface area contributed by atoms with Gasteiger partial charge >= 0.3 is 0 Å². The maximum atomic E-state index is 13.8. The van der Waals surface area contributed by atoms with Crippen LogP contribution >= 0.6 is 0 Å². The second-order valence-electron chi connectivity index (χ2n) is 10.3. The summed E-state index contributed by atoms with van der Waals surface area (Å²) in [6.45, 7) is 9.81. The van der Waals surface area contributed by atoms with Crippen molar-refractivity contribution in [1.82, 2.24) is 14.8 Å². The standard InChI is InChI=1S/C32H37N3O2/c1-23(2)20-35(32(37)28-10-6-5-9-25(28)4)22-31(36)34(21-26-15-13-24(3)14-16-26)18-17-27-19-33-30-12-8-7-11-29(27)30/h5-16,19,23,33H,17-18,20-22H2,1-4H3. The zero-order valence-corrected chi connectivity index (χ0v) is 22.3. The molecule has 0 saturated carbocycles. The van der Waals surface area contributed by atoms with Crippen molar-refractivity contribution in [2.75, 3.05) is 19.6 Å². The summed E-state index contributed by atoms with van der Waals surface area (Å²) in [7, 11) is 0. The first kappa shape index (κ1) is 26.2. The van der Waals surface area contributed by atoms with Crippen LogP contribution in [0.1, 0.15) is 46.5 Å². The molecule has 0 fully saturated rings. The molecule has 1 N–H and O–H groups in total. The maximum Gasteiger partial charge on any atom is 0.254 e. The van der Waals surface area contributed by atoms with Crippen LogP contribution in [0.3, 0.4) is 0 Å². The Morgan fingerprint density at radius 2 is 1.57 bits per heavy atom. The average Bonchev–Trinajstić information content (AvgIpc) is 3.30. The molecule has 0 unspecified atom stereocenters. The average molecular weight is 496 g/mol. The summed E-state index contributed by atoms with van der Waals surface area (Å²) in [5, 5.41) is 1.18. The molecular formula is C32H37N3O2. The van der Waals surface area contributed by atoms with Gasteiger partial charge in [-0.15, -0.1) is 0 Å². The topological polar surface area (TPSA) is 56.4 Å².